The summed E-state index contributed by atoms with van der Waals surface area (Å²) in [5.74, 6) is 2.73. The normalized spacial score (nSPS) is 9.91. The molecule has 0 aromatic carbocycles. The number of nitrogens with one attached hydrogen (secondary N) is 1. The quantitative estimate of drug-likeness (QED) is 0.353. The van der Waals surface area contributed by atoms with Crippen LogP contribution in [-0.4, -0.2) is 17.3 Å². The second-order valence-electron chi connectivity index (χ2n) is 2.59. The van der Waals surface area contributed by atoms with Crippen LogP contribution < -0.4 is 5.73 Å². The number of rotatable bonds is 7. The van der Waals surface area contributed by atoms with Gasteiger partial charge < -0.3 is 5.73 Å². The fourth-order valence-corrected chi connectivity index (χ4v) is 1.76. The molecular weight excluding hydrogens is 156 g/mol. The van der Waals surface area contributed by atoms with E-state index in [4.69, 9.17) is 11.1 Å². The Balaban J connectivity index is 2.85. The van der Waals surface area contributed by atoms with Crippen molar-refractivity contribution in [3.05, 3.63) is 0 Å². The zero-order chi connectivity index (χ0) is 8.53. The van der Waals surface area contributed by atoms with Crippen molar-refractivity contribution >= 4 is 17.6 Å². The monoisotopic (exact) mass is 174 g/mol. The van der Waals surface area contributed by atoms with Crippen molar-refractivity contribution in [2.24, 2.45) is 5.73 Å². The first-order valence-electron chi connectivity index (χ1n) is 4.18. The van der Waals surface area contributed by atoms with Crippen LogP contribution in [0.2, 0.25) is 0 Å². The van der Waals surface area contributed by atoms with E-state index in [0.717, 1.165) is 18.6 Å². The predicted octanol–water partition coefficient (Wildman–Crippen LogP) is 2.24. The molecule has 3 heteroatoms. The van der Waals surface area contributed by atoms with E-state index in [1.54, 1.807) is 0 Å². The van der Waals surface area contributed by atoms with Crippen molar-refractivity contribution < 1.29 is 0 Å². The number of amidine groups is 1. The molecule has 0 aliphatic rings. The van der Waals surface area contributed by atoms with Gasteiger partial charge in [0, 0.05) is 6.42 Å². The third-order valence-electron chi connectivity index (χ3n) is 1.38. The lowest BCUT2D eigenvalue weighted by Crippen LogP contribution is -2.08. The number of hydrogen-bond donors (Lipinski definition) is 2. The molecule has 0 unspecified atom stereocenters. The average Bonchev–Trinajstić information content (AvgIpc) is 1.96. The van der Waals surface area contributed by atoms with Crippen molar-refractivity contribution in [3.63, 3.8) is 0 Å². The summed E-state index contributed by atoms with van der Waals surface area (Å²) >= 11 is 1.97. The van der Waals surface area contributed by atoms with Crippen molar-refractivity contribution in [2.45, 2.75) is 32.6 Å². The smallest absolute Gasteiger partial charge is 0.0905 e. The maximum atomic E-state index is 6.98. The minimum atomic E-state index is 0.320. The highest BCUT2D eigenvalue weighted by atomic mass is 32.2. The summed E-state index contributed by atoms with van der Waals surface area (Å²) in [4.78, 5) is 0. The highest BCUT2D eigenvalue weighted by molar-refractivity contribution is 7.99. The van der Waals surface area contributed by atoms with E-state index in [1.807, 2.05) is 11.8 Å². The van der Waals surface area contributed by atoms with Crippen LogP contribution >= 0.6 is 11.8 Å². The van der Waals surface area contributed by atoms with E-state index < -0.39 is 0 Å². The summed E-state index contributed by atoms with van der Waals surface area (Å²) in [5.41, 5.74) is 5.21. The lowest BCUT2D eigenvalue weighted by Gasteiger charge is -1.98. The molecule has 0 atom stereocenters. The van der Waals surface area contributed by atoms with Gasteiger partial charge in [-0.05, 0) is 24.3 Å². The molecule has 0 aromatic heterocycles. The molecule has 0 amide bonds. The van der Waals surface area contributed by atoms with E-state index in [9.17, 15) is 0 Å². The molecule has 0 spiro atoms. The maximum absolute atomic E-state index is 6.98. The molecule has 3 N–H and O–H groups in total. The van der Waals surface area contributed by atoms with Gasteiger partial charge in [0.15, 0.2) is 0 Å². The Bertz CT molecular complexity index is 104. The third kappa shape index (κ3) is 9.82. The summed E-state index contributed by atoms with van der Waals surface area (Å²) in [7, 11) is 0. The molecule has 2 nitrogen and oxygen atoms in total. The van der Waals surface area contributed by atoms with E-state index in [-0.39, 0.29) is 0 Å². The Kier molecular flexibility index (Phi) is 7.79. The lowest BCUT2D eigenvalue weighted by atomic mass is 10.3. The van der Waals surface area contributed by atoms with Crippen LogP contribution in [0.25, 0.3) is 0 Å². The summed E-state index contributed by atoms with van der Waals surface area (Å²) < 4.78 is 0. The minimum Gasteiger partial charge on any atom is -0.388 e. The van der Waals surface area contributed by atoms with Crippen LogP contribution in [0.5, 0.6) is 0 Å². The largest absolute Gasteiger partial charge is 0.388 e. The van der Waals surface area contributed by atoms with Crippen molar-refractivity contribution in [1.29, 1.82) is 5.41 Å². The van der Waals surface area contributed by atoms with Crippen LogP contribution in [0.4, 0.5) is 0 Å². The minimum absolute atomic E-state index is 0.320. The van der Waals surface area contributed by atoms with Gasteiger partial charge in [-0.3, -0.25) is 5.41 Å². The molecule has 66 valence electrons. The van der Waals surface area contributed by atoms with Gasteiger partial charge in [-0.1, -0.05) is 13.3 Å². The number of nitrogens with two attached hydrogens (primary N) is 1. The molecule has 0 fully saturated rings. The van der Waals surface area contributed by atoms with Crippen LogP contribution in [-0.2, 0) is 0 Å². The summed E-state index contributed by atoms with van der Waals surface area (Å²) in [5, 5.41) is 6.98. The Morgan fingerprint density at radius 1 is 1.36 bits per heavy atom. The lowest BCUT2D eigenvalue weighted by molar-refractivity contribution is 0.893. The molecule has 0 saturated heterocycles. The van der Waals surface area contributed by atoms with Crippen LogP contribution in [0.1, 0.15) is 32.6 Å². The van der Waals surface area contributed by atoms with Crippen molar-refractivity contribution in [1.82, 2.24) is 0 Å². The standard InChI is InChI=1S/C8H18N2S/c1-2-3-6-11-7-4-5-8(9)10/h2-7H2,1H3,(H3,9,10). The van der Waals surface area contributed by atoms with E-state index in [1.165, 1.54) is 18.6 Å². The summed E-state index contributed by atoms with van der Waals surface area (Å²) in [6, 6.07) is 0. The Labute approximate surface area is 73.4 Å². The molecular formula is C8H18N2S. The fourth-order valence-electron chi connectivity index (χ4n) is 0.713. The van der Waals surface area contributed by atoms with Crippen LogP contribution in [0, 0.1) is 5.41 Å². The van der Waals surface area contributed by atoms with Gasteiger partial charge in [0.2, 0.25) is 0 Å². The Morgan fingerprint density at radius 3 is 2.55 bits per heavy atom. The molecule has 0 bridgehead atoms. The van der Waals surface area contributed by atoms with Crippen molar-refractivity contribution in [3.8, 4) is 0 Å². The first-order chi connectivity index (χ1) is 5.27. The second-order valence-corrected chi connectivity index (χ2v) is 3.82. The number of hydrogen-bond acceptors (Lipinski definition) is 2. The Morgan fingerprint density at radius 2 is 2.00 bits per heavy atom. The topological polar surface area (TPSA) is 49.9 Å². The molecule has 0 aliphatic carbocycles. The van der Waals surface area contributed by atoms with Gasteiger partial charge in [0.1, 0.15) is 0 Å². The molecule has 0 rings (SSSR count). The average molecular weight is 174 g/mol. The molecule has 0 heterocycles. The molecule has 0 aliphatic heterocycles. The SMILES string of the molecule is CCCCSCCCC(=N)N. The number of unbranched alkanes of at least 4 members (excludes halogenated alkanes) is 1. The highest BCUT2D eigenvalue weighted by Gasteiger charge is 1.91. The first kappa shape index (κ1) is 10.8. The van der Waals surface area contributed by atoms with Gasteiger partial charge in [-0.15, -0.1) is 0 Å². The van der Waals surface area contributed by atoms with E-state index in [2.05, 4.69) is 6.92 Å². The van der Waals surface area contributed by atoms with Crippen LogP contribution in [0.3, 0.4) is 0 Å². The summed E-state index contributed by atoms with van der Waals surface area (Å²) in [6.07, 6.45) is 4.41. The molecule has 0 aromatic rings. The third-order valence-corrected chi connectivity index (χ3v) is 2.53. The van der Waals surface area contributed by atoms with Gasteiger partial charge in [0.05, 0.1) is 5.84 Å². The van der Waals surface area contributed by atoms with Gasteiger partial charge in [0.25, 0.3) is 0 Å². The van der Waals surface area contributed by atoms with E-state index >= 15 is 0 Å². The predicted molar refractivity (Wildman–Crippen MR) is 53.4 cm³/mol. The van der Waals surface area contributed by atoms with Crippen LogP contribution in [0.15, 0.2) is 0 Å². The summed E-state index contributed by atoms with van der Waals surface area (Å²) in [6.45, 7) is 2.20. The first-order valence-corrected chi connectivity index (χ1v) is 5.33. The highest BCUT2D eigenvalue weighted by Crippen LogP contribution is 2.06. The molecule has 0 saturated carbocycles. The van der Waals surface area contributed by atoms with Gasteiger partial charge in [-0.25, -0.2) is 0 Å². The Hall–Kier alpha value is -0.180. The number of thioether (sulfide) groups is 1. The van der Waals surface area contributed by atoms with Crippen molar-refractivity contribution in [2.75, 3.05) is 11.5 Å². The zero-order valence-electron chi connectivity index (χ0n) is 7.23. The second kappa shape index (κ2) is 7.92. The molecule has 11 heavy (non-hydrogen) atoms. The fraction of sp³-hybridized carbons (Fsp3) is 0.875. The maximum Gasteiger partial charge on any atom is 0.0905 e. The molecule has 0 radical (unpaired) electrons. The zero-order valence-corrected chi connectivity index (χ0v) is 8.04. The van der Waals surface area contributed by atoms with Gasteiger partial charge in [-0.2, -0.15) is 11.8 Å². The van der Waals surface area contributed by atoms with E-state index in [0.29, 0.717) is 5.84 Å². The van der Waals surface area contributed by atoms with Gasteiger partial charge >= 0.3 is 0 Å².